The zero-order chi connectivity index (χ0) is 20.9. The summed E-state index contributed by atoms with van der Waals surface area (Å²) in [4.78, 5) is 2.60. The van der Waals surface area contributed by atoms with Gasteiger partial charge in [0.25, 0.3) is 0 Å². The van der Waals surface area contributed by atoms with E-state index >= 15 is 0 Å². The Bertz CT molecular complexity index is 657. The molecule has 1 aromatic carbocycles. The topological polar surface area (TPSA) is 3.24 Å². The number of benzene rings is 1. The highest BCUT2D eigenvalue weighted by Crippen LogP contribution is 2.60. The van der Waals surface area contributed by atoms with Crippen molar-refractivity contribution < 1.29 is 0 Å². The number of nitrogens with zero attached hydrogens (tertiary/aromatic N) is 1. The highest BCUT2D eigenvalue weighted by Gasteiger charge is 2.56. The number of rotatable bonds is 4. The molecule has 1 heteroatoms. The zero-order valence-electron chi connectivity index (χ0n) is 19.9. The molecular formula is C27H43N. The lowest BCUT2D eigenvalue weighted by atomic mass is 9.58. The molecule has 1 nitrogen and oxygen atoms in total. The SMILES string of the molecule is CC(C)c1cccc(C(C)C)c1N1[C][C@@]2(C[C@H](C)CC[C@H]2C(C)C)CC1(C)C. The Morgan fingerprint density at radius 3 is 2.04 bits per heavy atom. The van der Waals surface area contributed by atoms with Crippen LogP contribution in [0.4, 0.5) is 5.69 Å². The molecule has 1 aliphatic carbocycles. The van der Waals surface area contributed by atoms with Crippen molar-refractivity contribution in [2.75, 3.05) is 4.90 Å². The van der Waals surface area contributed by atoms with Crippen LogP contribution >= 0.6 is 0 Å². The molecule has 2 fully saturated rings. The van der Waals surface area contributed by atoms with Gasteiger partial charge in [-0.1, -0.05) is 73.1 Å². The van der Waals surface area contributed by atoms with E-state index in [2.05, 4.69) is 92.0 Å². The van der Waals surface area contributed by atoms with Crippen LogP contribution < -0.4 is 4.90 Å². The third-order valence-electron chi connectivity index (χ3n) is 7.45. The summed E-state index contributed by atoms with van der Waals surface area (Å²) in [6, 6.07) is 6.95. The Morgan fingerprint density at radius 1 is 0.964 bits per heavy atom. The maximum Gasteiger partial charge on any atom is 0.0989 e. The van der Waals surface area contributed by atoms with E-state index in [1.807, 2.05) is 0 Å². The molecule has 2 radical (unpaired) electrons. The average Bonchev–Trinajstić information content (AvgIpc) is 2.83. The Labute approximate surface area is 175 Å². The molecule has 1 saturated heterocycles. The average molecular weight is 382 g/mol. The van der Waals surface area contributed by atoms with Crippen LogP contribution in [0, 0.1) is 29.7 Å². The number of anilines is 1. The lowest BCUT2D eigenvalue weighted by molar-refractivity contribution is 0.0611. The molecule has 1 heterocycles. The third kappa shape index (κ3) is 3.75. The molecule has 0 unspecified atom stereocenters. The molecule has 156 valence electrons. The standard InChI is InChI=1S/C27H43N/c1-18(2)22-11-10-12-23(19(3)4)25(22)28-17-27(16-26(28,8)9)15-21(7)13-14-24(27)20(5)6/h10-12,18-21,24H,13-16H2,1-9H3/t21-,24+,27-/m1/s1. The maximum absolute atomic E-state index is 4.20. The number of para-hydroxylation sites is 1. The van der Waals surface area contributed by atoms with Crippen molar-refractivity contribution in [1.82, 2.24) is 0 Å². The summed E-state index contributed by atoms with van der Waals surface area (Å²) in [7, 11) is 0. The molecular weight excluding hydrogens is 338 g/mol. The van der Waals surface area contributed by atoms with Crippen molar-refractivity contribution in [2.24, 2.45) is 23.2 Å². The van der Waals surface area contributed by atoms with E-state index in [4.69, 9.17) is 0 Å². The summed E-state index contributed by atoms with van der Waals surface area (Å²) in [5.74, 6) is 3.33. The number of hydrogen-bond acceptors (Lipinski definition) is 1. The summed E-state index contributed by atoms with van der Waals surface area (Å²) >= 11 is 0. The van der Waals surface area contributed by atoms with Crippen LogP contribution in [0.25, 0.3) is 0 Å². The first-order chi connectivity index (χ1) is 13.0. The van der Waals surface area contributed by atoms with Crippen molar-refractivity contribution in [3.63, 3.8) is 0 Å². The minimum absolute atomic E-state index is 0.110. The second kappa shape index (κ2) is 7.69. The van der Waals surface area contributed by atoms with Gasteiger partial charge in [0.2, 0.25) is 0 Å². The summed E-state index contributed by atoms with van der Waals surface area (Å²) in [5, 5.41) is 0. The fourth-order valence-electron chi connectivity index (χ4n) is 6.31. The van der Waals surface area contributed by atoms with Crippen molar-refractivity contribution in [1.29, 1.82) is 0 Å². The molecule has 3 atom stereocenters. The predicted molar refractivity (Wildman–Crippen MR) is 123 cm³/mol. The summed E-state index contributed by atoms with van der Waals surface area (Å²) in [6.45, 7) is 25.8. The van der Waals surface area contributed by atoms with Crippen LogP contribution in [0.1, 0.15) is 111 Å². The molecule has 1 saturated carbocycles. The van der Waals surface area contributed by atoms with E-state index in [0.717, 1.165) is 17.8 Å². The molecule has 0 aromatic heterocycles. The van der Waals surface area contributed by atoms with E-state index in [1.54, 1.807) is 0 Å². The predicted octanol–water partition coefficient (Wildman–Crippen LogP) is 8.04. The molecule has 0 amide bonds. The Balaban J connectivity index is 2.11. The first-order valence-electron chi connectivity index (χ1n) is 11.7. The Kier molecular flexibility index (Phi) is 5.97. The monoisotopic (exact) mass is 381 g/mol. The van der Waals surface area contributed by atoms with Crippen molar-refractivity contribution in [3.05, 3.63) is 35.9 Å². The van der Waals surface area contributed by atoms with Gasteiger partial charge in [-0.05, 0) is 73.8 Å². The van der Waals surface area contributed by atoms with Crippen LogP contribution in [0.15, 0.2) is 18.2 Å². The van der Waals surface area contributed by atoms with Gasteiger partial charge >= 0.3 is 0 Å². The van der Waals surface area contributed by atoms with Gasteiger partial charge < -0.3 is 4.90 Å². The van der Waals surface area contributed by atoms with Gasteiger partial charge in [-0.15, -0.1) is 0 Å². The minimum Gasteiger partial charge on any atom is -0.355 e. The highest BCUT2D eigenvalue weighted by molar-refractivity contribution is 5.66. The molecule has 1 spiro atoms. The van der Waals surface area contributed by atoms with Crippen LogP contribution in [0.5, 0.6) is 0 Å². The first-order valence-corrected chi connectivity index (χ1v) is 11.7. The third-order valence-corrected chi connectivity index (χ3v) is 7.45. The lowest BCUT2D eigenvalue weighted by Gasteiger charge is -2.45. The maximum atomic E-state index is 4.20. The molecule has 3 rings (SSSR count). The van der Waals surface area contributed by atoms with E-state index in [1.165, 1.54) is 42.5 Å². The molecule has 2 aliphatic rings. The molecule has 28 heavy (non-hydrogen) atoms. The lowest BCUT2D eigenvalue weighted by Crippen LogP contribution is -2.39. The fourth-order valence-corrected chi connectivity index (χ4v) is 6.31. The largest absolute Gasteiger partial charge is 0.355 e. The van der Waals surface area contributed by atoms with Gasteiger partial charge in [-0.2, -0.15) is 0 Å². The van der Waals surface area contributed by atoms with Crippen LogP contribution in [0.3, 0.4) is 0 Å². The summed E-state index contributed by atoms with van der Waals surface area (Å²) in [5.41, 5.74) is 4.75. The fraction of sp³-hybridized carbons (Fsp3) is 0.741. The van der Waals surface area contributed by atoms with Gasteiger partial charge in [0.1, 0.15) is 0 Å². The van der Waals surface area contributed by atoms with Gasteiger partial charge in [-0.25, -0.2) is 0 Å². The van der Waals surface area contributed by atoms with Gasteiger partial charge in [-0.3, -0.25) is 0 Å². The smallest absolute Gasteiger partial charge is 0.0989 e. The van der Waals surface area contributed by atoms with E-state index in [-0.39, 0.29) is 11.0 Å². The van der Waals surface area contributed by atoms with Gasteiger partial charge in [0, 0.05) is 16.6 Å². The second-order valence-corrected chi connectivity index (χ2v) is 11.4. The van der Waals surface area contributed by atoms with Crippen LogP contribution in [0.2, 0.25) is 0 Å². The van der Waals surface area contributed by atoms with Crippen LogP contribution in [-0.2, 0) is 0 Å². The molecule has 0 bridgehead atoms. The van der Waals surface area contributed by atoms with E-state index < -0.39 is 0 Å². The first kappa shape index (κ1) is 21.7. The van der Waals surface area contributed by atoms with E-state index in [0.29, 0.717) is 11.8 Å². The Hall–Kier alpha value is -0.980. The molecule has 0 N–H and O–H groups in total. The van der Waals surface area contributed by atoms with Gasteiger partial charge in [0.15, 0.2) is 0 Å². The second-order valence-electron chi connectivity index (χ2n) is 11.4. The minimum atomic E-state index is 0.110. The van der Waals surface area contributed by atoms with Crippen molar-refractivity contribution in [3.8, 4) is 0 Å². The normalized spacial score (nSPS) is 30.2. The zero-order valence-corrected chi connectivity index (χ0v) is 19.9. The van der Waals surface area contributed by atoms with Crippen molar-refractivity contribution in [2.45, 2.75) is 105 Å². The quantitative estimate of drug-likeness (QED) is 0.510. The van der Waals surface area contributed by atoms with Crippen LogP contribution in [-0.4, -0.2) is 5.54 Å². The molecule has 1 aliphatic heterocycles. The Morgan fingerprint density at radius 2 is 1.54 bits per heavy atom. The van der Waals surface area contributed by atoms with Gasteiger partial charge in [0.05, 0.1) is 6.54 Å². The molecule has 1 aromatic rings. The number of hydrogen-bond donors (Lipinski definition) is 0. The highest BCUT2D eigenvalue weighted by atomic mass is 15.2. The summed E-state index contributed by atoms with van der Waals surface area (Å²) in [6.07, 6.45) is 5.28. The van der Waals surface area contributed by atoms with E-state index in [9.17, 15) is 0 Å². The summed E-state index contributed by atoms with van der Waals surface area (Å²) < 4.78 is 0. The van der Waals surface area contributed by atoms with Crippen molar-refractivity contribution >= 4 is 5.69 Å².